The van der Waals surface area contributed by atoms with Gasteiger partial charge in [-0.2, -0.15) is 39.5 Å². The molecule has 0 radical (unpaired) electrons. The Bertz CT molecular complexity index is 777. The molecule has 0 N–H and O–H groups in total. The number of hydrogen-bond acceptors (Lipinski definition) is 3. The van der Waals surface area contributed by atoms with Gasteiger partial charge >= 0.3 is 24.6 Å². The van der Waals surface area contributed by atoms with Gasteiger partial charge in [0.1, 0.15) is 5.60 Å². The van der Waals surface area contributed by atoms with Crippen molar-refractivity contribution in [3.63, 3.8) is 0 Å². The molecule has 1 fully saturated rings. The fourth-order valence-corrected chi connectivity index (χ4v) is 2.93. The minimum absolute atomic E-state index is 0.0984. The number of rotatable bonds is 2. The molecule has 176 valence electrons. The van der Waals surface area contributed by atoms with Crippen LogP contribution in [0.4, 0.5) is 44.3 Å². The number of benzene rings is 1. The van der Waals surface area contributed by atoms with Crippen molar-refractivity contribution in [1.82, 2.24) is 4.90 Å². The lowest BCUT2D eigenvalue weighted by molar-refractivity contribution is -0.236. The van der Waals surface area contributed by atoms with Crippen molar-refractivity contribution in [3.05, 3.63) is 34.9 Å². The average Bonchev–Trinajstić information content (AvgIpc) is 2.95. The maximum atomic E-state index is 13.3. The van der Waals surface area contributed by atoms with Crippen LogP contribution in [-0.4, -0.2) is 41.6 Å². The van der Waals surface area contributed by atoms with Crippen LogP contribution in [0.25, 0.3) is 0 Å². The number of nitrogens with zero attached hydrogens (tertiary/aromatic N) is 1. The Labute approximate surface area is 170 Å². The summed E-state index contributed by atoms with van der Waals surface area (Å²) in [4.78, 5) is 12.5. The van der Waals surface area contributed by atoms with Crippen LogP contribution in [0.15, 0.2) is 18.2 Å². The molecule has 0 bridgehead atoms. The van der Waals surface area contributed by atoms with Crippen LogP contribution in [0.2, 0.25) is 0 Å². The maximum absolute atomic E-state index is 13.3. The molecule has 13 heteroatoms. The van der Waals surface area contributed by atoms with E-state index in [1.807, 2.05) is 0 Å². The van der Waals surface area contributed by atoms with E-state index in [1.54, 1.807) is 0 Å². The SMILES string of the molecule is CC(C)(C)OC(=O)N1[C@@H](Cc2cc(C(F)(F)F)cc(C(F)(F)F)c2)CO[C@H]1C(F)(F)F. The molecule has 0 aromatic heterocycles. The number of hydrogen-bond donors (Lipinski definition) is 0. The maximum Gasteiger partial charge on any atom is 0.433 e. The van der Waals surface area contributed by atoms with Crippen molar-refractivity contribution in [2.45, 2.75) is 63.6 Å². The van der Waals surface area contributed by atoms with Gasteiger partial charge in [0.05, 0.1) is 23.8 Å². The topological polar surface area (TPSA) is 38.8 Å². The van der Waals surface area contributed by atoms with Gasteiger partial charge in [-0.3, -0.25) is 4.90 Å². The van der Waals surface area contributed by atoms with Crippen molar-refractivity contribution in [2.24, 2.45) is 0 Å². The zero-order valence-corrected chi connectivity index (χ0v) is 16.4. The molecule has 1 heterocycles. The van der Waals surface area contributed by atoms with Gasteiger partial charge < -0.3 is 9.47 Å². The summed E-state index contributed by atoms with van der Waals surface area (Å²) in [5.74, 6) is 0. The van der Waals surface area contributed by atoms with Crippen LogP contribution in [0.1, 0.15) is 37.5 Å². The minimum atomic E-state index is -5.12. The number of ether oxygens (including phenoxy) is 2. The lowest BCUT2D eigenvalue weighted by Gasteiger charge is -2.31. The van der Waals surface area contributed by atoms with E-state index in [4.69, 9.17) is 4.74 Å². The van der Waals surface area contributed by atoms with E-state index in [0.717, 1.165) is 0 Å². The van der Waals surface area contributed by atoms with Crippen molar-refractivity contribution in [1.29, 1.82) is 0 Å². The molecule has 31 heavy (non-hydrogen) atoms. The van der Waals surface area contributed by atoms with Gasteiger partial charge in [-0.25, -0.2) is 4.79 Å². The smallest absolute Gasteiger partial charge is 0.433 e. The van der Waals surface area contributed by atoms with E-state index in [2.05, 4.69) is 4.74 Å². The Kier molecular flexibility index (Phi) is 6.52. The van der Waals surface area contributed by atoms with Gasteiger partial charge in [-0.05, 0) is 51.0 Å². The monoisotopic (exact) mass is 467 g/mol. The molecule has 1 aromatic carbocycles. The molecular formula is C18H18F9NO3. The third-order valence-electron chi connectivity index (χ3n) is 4.10. The lowest BCUT2D eigenvalue weighted by Crippen LogP contribution is -2.51. The molecule has 0 aliphatic carbocycles. The molecule has 1 aliphatic rings. The summed E-state index contributed by atoms with van der Waals surface area (Å²) in [6.45, 7) is 3.37. The fourth-order valence-electron chi connectivity index (χ4n) is 2.93. The molecule has 1 aliphatic heterocycles. The van der Waals surface area contributed by atoms with E-state index >= 15 is 0 Å². The van der Waals surface area contributed by atoms with Crippen LogP contribution in [0.5, 0.6) is 0 Å². The van der Waals surface area contributed by atoms with Gasteiger partial charge in [-0.1, -0.05) is 0 Å². The van der Waals surface area contributed by atoms with Crippen LogP contribution < -0.4 is 0 Å². The fraction of sp³-hybridized carbons (Fsp3) is 0.611. The summed E-state index contributed by atoms with van der Waals surface area (Å²) in [6, 6.07) is -0.822. The highest BCUT2D eigenvalue weighted by molar-refractivity contribution is 5.69. The first-order chi connectivity index (χ1) is 13.8. The zero-order chi connectivity index (χ0) is 24.0. The summed E-state index contributed by atoms with van der Waals surface area (Å²) in [6.07, 6.45) is -20.3. The Morgan fingerprint density at radius 3 is 1.84 bits per heavy atom. The Balaban J connectivity index is 2.44. The van der Waals surface area contributed by atoms with E-state index in [9.17, 15) is 44.3 Å². The molecule has 2 atom stereocenters. The van der Waals surface area contributed by atoms with Gasteiger partial charge in [0.25, 0.3) is 0 Å². The molecule has 4 nitrogen and oxygen atoms in total. The Morgan fingerprint density at radius 1 is 0.968 bits per heavy atom. The highest BCUT2D eigenvalue weighted by atomic mass is 19.4. The summed E-state index contributed by atoms with van der Waals surface area (Å²) < 4.78 is 128. The standard InChI is InChI=1S/C18H18F9NO3/c1-15(2,3)31-14(29)28-12(8-30-13(28)18(25,26)27)6-9-4-10(16(19,20)21)7-11(5-9)17(22,23)24/h4-5,7,12-13H,6,8H2,1-3H3/t12-,13-/m0/s1. The predicted octanol–water partition coefficient (Wildman–Crippen LogP) is 5.79. The van der Waals surface area contributed by atoms with E-state index in [-0.39, 0.29) is 11.0 Å². The van der Waals surface area contributed by atoms with Crippen molar-refractivity contribution in [3.8, 4) is 0 Å². The van der Waals surface area contributed by atoms with Crippen LogP contribution in [0, 0.1) is 0 Å². The molecule has 1 saturated heterocycles. The highest BCUT2D eigenvalue weighted by Gasteiger charge is 2.54. The molecule has 0 unspecified atom stereocenters. The zero-order valence-electron chi connectivity index (χ0n) is 16.4. The number of alkyl halides is 9. The third-order valence-corrected chi connectivity index (χ3v) is 4.10. The van der Waals surface area contributed by atoms with Gasteiger partial charge in [0, 0.05) is 0 Å². The second-order valence-corrected chi connectivity index (χ2v) is 7.89. The Hall–Kier alpha value is -2.18. The summed E-state index contributed by atoms with van der Waals surface area (Å²) in [5.41, 5.74) is -5.01. The van der Waals surface area contributed by atoms with E-state index in [1.165, 1.54) is 20.8 Å². The van der Waals surface area contributed by atoms with Gasteiger partial charge in [0.15, 0.2) is 0 Å². The average molecular weight is 467 g/mol. The van der Waals surface area contributed by atoms with Crippen LogP contribution in [0.3, 0.4) is 0 Å². The number of carbonyl (C=O) groups is 1. The second-order valence-electron chi connectivity index (χ2n) is 7.89. The number of carbonyl (C=O) groups excluding carboxylic acids is 1. The van der Waals surface area contributed by atoms with Crippen molar-refractivity contribution < 1.29 is 53.8 Å². The minimum Gasteiger partial charge on any atom is -0.444 e. The first-order valence-electron chi connectivity index (χ1n) is 8.77. The molecular weight excluding hydrogens is 449 g/mol. The van der Waals surface area contributed by atoms with Crippen molar-refractivity contribution >= 4 is 6.09 Å². The number of halogens is 9. The van der Waals surface area contributed by atoms with E-state index in [0.29, 0.717) is 12.1 Å². The molecule has 0 saturated carbocycles. The van der Waals surface area contributed by atoms with Crippen LogP contribution >= 0.6 is 0 Å². The van der Waals surface area contributed by atoms with E-state index < -0.39 is 72.2 Å². The predicted molar refractivity (Wildman–Crippen MR) is 87.8 cm³/mol. The normalized spacial score (nSPS) is 20.8. The first kappa shape index (κ1) is 25.1. The third kappa shape index (κ3) is 6.40. The van der Waals surface area contributed by atoms with Crippen molar-refractivity contribution in [2.75, 3.05) is 6.61 Å². The number of amides is 1. The first-order valence-corrected chi connectivity index (χ1v) is 8.77. The molecule has 0 spiro atoms. The van der Waals surface area contributed by atoms with Gasteiger partial charge in [0.2, 0.25) is 6.23 Å². The lowest BCUT2D eigenvalue weighted by atomic mass is 9.99. The molecule has 1 aromatic rings. The molecule has 1 amide bonds. The largest absolute Gasteiger partial charge is 0.444 e. The quantitative estimate of drug-likeness (QED) is 0.517. The Morgan fingerprint density at radius 2 is 1.45 bits per heavy atom. The summed E-state index contributed by atoms with van der Waals surface area (Å²) in [7, 11) is 0. The molecule has 2 rings (SSSR count). The van der Waals surface area contributed by atoms with Crippen LogP contribution in [-0.2, 0) is 28.2 Å². The summed E-state index contributed by atoms with van der Waals surface area (Å²) in [5, 5.41) is 0. The summed E-state index contributed by atoms with van der Waals surface area (Å²) >= 11 is 0. The second kappa shape index (κ2) is 8.06. The highest BCUT2D eigenvalue weighted by Crippen LogP contribution is 2.38. The van der Waals surface area contributed by atoms with Gasteiger partial charge in [-0.15, -0.1) is 0 Å².